The van der Waals surface area contributed by atoms with Gasteiger partial charge in [-0.2, -0.15) is 0 Å². The Morgan fingerprint density at radius 1 is 0.833 bits per heavy atom. The minimum atomic E-state index is -2.21. The zero-order valence-corrected chi connectivity index (χ0v) is 21.0. The maximum atomic E-state index is 2.65. The van der Waals surface area contributed by atoms with E-state index < -0.39 is 18.4 Å². The van der Waals surface area contributed by atoms with Crippen LogP contribution in [0.4, 0.5) is 0 Å². The van der Waals surface area contributed by atoms with Crippen molar-refractivity contribution in [2.45, 2.75) is 84.8 Å². The standard InChI is InChI=1S/C10H11Se.3C4H9.Sn/c1-2-11-9-8-10-6-4-3-5-7-10;3*1-3-4-2;/h3-8H,2H2,1H3;3*1,3-4H2,2H3;. The van der Waals surface area contributed by atoms with Gasteiger partial charge in [0.25, 0.3) is 0 Å². The number of rotatable bonds is 13. The van der Waals surface area contributed by atoms with Crippen molar-refractivity contribution in [1.29, 1.82) is 0 Å². The number of unbranched alkanes of at least 4 members (excludes halogenated alkanes) is 3. The van der Waals surface area contributed by atoms with E-state index in [9.17, 15) is 0 Å². The summed E-state index contributed by atoms with van der Waals surface area (Å²) in [5, 5.41) is 1.37. The molecule has 1 aromatic carbocycles. The molecule has 0 aliphatic rings. The van der Waals surface area contributed by atoms with Crippen molar-refractivity contribution in [2.75, 3.05) is 0 Å². The summed E-state index contributed by atoms with van der Waals surface area (Å²) < 4.78 is 6.81. The van der Waals surface area contributed by atoms with E-state index in [-0.39, 0.29) is 0 Å². The Morgan fingerprint density at radius 3 is 1.75 bits per heavy atom. The molecule has 0 bridgehead atoms. The molecule has 0 saturated heterocycles. The van der Waals surface area contributed by atoms with E-state index in [2.05, 4.69) is 64.1 Å². The third kappa shape index (κ3) is 7.66. The Bertz CT molecular complexity index is 431. The molecule has 0 aliphatic carbocycles. The molecule has 136 valence electrons. The fourth-order valence-electron chi connectivity index (χ4n) is 3.49. The van der Waals surface area contributed by atoms with Crippen molar-refractivity contribution in [2.24, 2.45) is 0 Å². The van der Waals surface area contributed by atoms with Gasteiger partial charge in [-0.25, -0.2) is 0 Å². The van der Waals surface area contributed by atoms with Gasteiger partial charge in [0, 0.05) is 0 Å². The van der Waals surface area contributed by atoms with Crippen molar-refractivity contribution in [3.05, 3.63) is 38.4 Å². The van der Waals surface area contributed by atoms with E-state index in [0.29, 0.717) is 0 Å². The van der Waals surface area contributed by atoms with E-state index in [1.807, 2.05) is 2.49 Å². The predicted octanol–water partition coefficient (Wildman–Crippen LogP) is 7.56. The van der Waals surface area contributed by atoms with Crippen LogP contribution in [0.3, 0.4) is 0 Å². The Labute approximate surface area is 161 Å². The van der Waals surface area contributed by atoms with Gasteiger partial charge < -0.3 is 0 Å². The molecule has 2 heteroatoms. The monoisotopic (exact) mass is 502 g/mol. The molecule has 0 spiro atoms. The molecule has 0 aromatic heterocycles. The second-order valence-electron chi connectivity index (χ2n) is 6.94. The Hall–Kier alpha value is 0.278. The fraction of sp³-hybridized carbons (Fsp3) is 0.636. The quantitative estimate of drug-likeness (QED) is 0.245. The molecule has 0 unspecified atom stereocenters. The van der Waals surface area contributed by atoms with Gasteiger partial charge in [-0.15, -0.1) is 0 Å². The van der Waals surface area contributed by atoms with Gasteiger partial charge in [-0.3, -0.25) is 0 Å². The molecule has 0 nitrogen and oxygen atoms in total. The van der Waals surface area contributed by atoms with Crippen LogP contribution in [0.5, 0.6) is 0 Å². The number of hydrogen-bond acceptors (Lipinski definition) is 0. The van der Waals surface area contributed by atoms with Crippen LogP contribution in [0.25, 0.3) is 6.08 Å². The molecule has 0 N–H and O–H groups in total. The van der Waals surface area contributed by atoms with Crippen molar-refractivity contribution in [3.8, 4) is 0 Å². The molecule has 0 saturated carbocycles. The van der Waals surface area contributed by atoms with Crippen LogP contribution < -0.4 is 0 Å². The van der Waals surface area contributed by atoms with Crippen molar-refractivity contribution < 1.29 is 0 Å². The molecule has 0 heterocycles. The van der Waals surface area contributed by atoms with E-state index in [1.54, 1.807) is 13.3 Å². The van der Waals surface area contributed by atoms with Crippen LogP contribution in [0.2, 0.25) is 18.6 Å². The molecular formula is C22H38SeSn. The fourth-order valence-corrected chi connectivity index (χ4v) is 30.7. The molecule has 1 aromatic rings. The minimum absolute atomic E-state index is 0.723. The first kappa shape index (κ1) is 22.3. The van der Waals surface area contributed by atoms with Gasteiger partial charge >= 0.3 is 163 Å². The third-order valence-corrected chi connectivity index (χ3v) is 29.3. The maximum absolute atomic E-state index is 2.65. The molecule has 24 heavy (non-hydrogen) atoms. The summed E-state index contributed by atoms with van der Waals surface area (Å²) in [6.07, 6.45) is 11.2. The van der Waals surface area contributed by atoms with Crippen LogP contribution in [-0.2, 0) is 0 Å². The Balaban J connectivity index is 3.21. The zero-order chi connectivity index (χ0) is 17.7. The molecule has 0 atom stereocenters. The SMILES string of the molecule is CCC[CH2][Sn]([CH2]CCC)([CH2]CCC)/[C](=C/c1ccccc1)[Se]CC. The molecule has 0 amide bonds. The van der Waals surface area contributed by atoms with Crippen LogP contribution in [0.15, 0.2) is 32.8 Å². The van der Waals surface area contributed by atoms with Gasteiger partial charge in [0.05, 0.1) is 0 Å². The summed E-state index contributed by atoms with van der Waals surface area (Å²) in [7, 11) is 0. The summed E-state index contributed by atoms with van der Waals surface area (Å²) in [6.45, 7) is 9.53. The third-order valence-electron chi connectivity index (χ3n) is 4.95. The van der Waals surface area contributed by atoms with Crippen LogP contribution in [0.1, 0.15) is 71.8 Å². The number of hydrogen-bond donors (Lipinski definition) is 0. The summed E-state index contributed by atoms with van der Waals surface area (Å²) in [6, 6.07) is 11.2. The number of benzene rings is 1. The average Bonchev–Trinajstić information content (AvgIpc) is 2.62. The van der Waals surface area contributed by atoms with Crippen LogP contribution >= 0.6 is 0 Å². The molecular weight excluding hydrogens is 462 g/mol. The van der Waals surface area contributed by atoms with Gasteiger partial charge in [-0.1, -0.05) is 0 Å². The normalized spacial score (nSPS) is 12.6. The van der Waals surface area contributed by atoms with Crippen LogP contribution in [-0.4, -0.2) is 33.3 Å². The van der Waals surface area contributed by atoms with Crippen molar-refractivity contribution >= 4 is 39.4 Å². The second-order valence-corrected chi connectivity index (χ2v) is 25.1. The van der Waals surface area contributed by atoms with Crippen LogP contribution in [0, 0.1) is 0 Å². The summed E-state index contributed by atoms with van der Waals surface area (Å²) in [5.74, 6) is 0. The first-order chi connectivity index (χ1) is 11.7. The van der Waals surface area contributed by atoms with Crippen molar-refractivity contribution in [3.63, 3.8) is 0 Å². The van der Waals surface area contributed by atoms with Gasteiger partial charge in [-0.05, 0) is 0 Å². The van der Waals surface area contributed by atoms with Gasteiger partial charge in [0.2, 0.25) is 0 Å². The Kier molecular flexibility index (Phi) is 12.5. The first-order valence-corrected chi connectivity index (χ1v) is 19.7. The zero-order valence-electron chi connectivity index (χ0n) is 16.4. The molecule has 0 radical (unpaired) electrons. The van der Waals surface area contributed by atoms with E-state index in [4.69, 9.17) is 0 Å². The summed E-state index contributed by atoms with van der Waals surface area (Å²) >= 11 is -1.49. The molecule has 0 aliphatic heterocycles. The van der Waals surface area contributed by atoms with Gasteiger partial charge in [0.1, 0.15) is 0 Å². The average molecular weight is 500 g/mol. The van der Waals surface area contributed by atoms with Gasteiger partial charge in [0.15, 0.2) is 0 Å². The summed E-state index contributed by atoms with van der Waals surface area (Å²) in [4.78, 5) is 0. The summed E-state index contributed by atoms with van der Waals surface area (Å²) in [5.41, 5.74) is 1.45. The molecule has 0 fully saturated rings. The van der Waals surface area contributed by atoms with Crippen molar-refractivity contribution in [1.82, 2.24) is 0 Å². The van der Waals surface area contributed by atoms with E-state index >= 15 is 0 Å². The van der Waals surface area contributed by atoms with E-state index in [0.717, 1.165) is 15.0 Å². The Morgan fingerprint density at radius 2 is 1.33 bits per heavy atom. The second kappa shape index (κ2) is 13.5. The van der Waals surface area contributed by atoms with E-state index in [1.165, 1.54) is 49.4 Å². The molecule has 1 rings (SSSR count). The topological polar surface area (TPSA) is 0 Å². The predicted molar refractivity (Wildman–Crippen MR) is 116 cm³/mol. The first-order valence-electron chi connectivity index (χ1n) is 10.1.